The Hall–Kier alpha value is -2.97. The number of likely N-dealkylation sites (tertiary alicyclic amines) is 1. The van der Waals surface area contributed by atoms with E-state index in [-0.39, 0.29) is 29.1 Å². The van der Waals surface area contributed by atoms with Crippen molar-refractivity contribution in [2.75, 3.05) is 25.4 Å². The Bertz CT molecular complexity index is 1120. The van der Waals surface area contributed by atoms with Crippen molar-refractivity contribution in [1.82, 2.24) is 10.2 Å². The number of halogens is 3. The van der Waals surface area contributed by atoms with E-state index < -0.39 is 21.9 Å². The van der Waals surface area contributed by atoms with Gasteiger partial charge < -0.3 is 10.2 Å². The Morgan fingerprint density at radius 1 is 0.886 bits per heavy atom. The van der Waals surface area contributed by atoms with E-state index >= 15 is 0 Å². The zero-order valence-electron chi connectivity index (χ0n) is 19.1. The van der Waals surface area contributed by atoms with Gasteiger partial charge in [-0.15, -0.1) is 0 Å². The van der Waals surface area contributed by atoms with Crippen LogP contribution in [0.1, 0.15) is 39.6 Å². The van der Waals surface area contributed by atoms with Crippen LogP contribution < -0.4 is 5.32 Å². The Morgan fingerprint density at radius 2 is 1.43 bits per heavy atom. The van der Waals surface area contributed by atoms with Crippen LogP contribution in [-0.2, 0) is 10.8 Å². The number of carbonyl (C=O) groups is 1. The number of hydrogen-bond acceptors (Lipinski definition) is 3. The highest BCUT2D eigenvalue weighted by molar-refractivity contribution is 7.85. The van der Waals surface area contributed by atoms with Crippen LogP contribution in [0.5, 0.6) is 0 Å². The molecule has 1 heterocycles. The van der Waals surface area contributed by atoms with Gasteiger partial charge in [-0.05, 0) is 60.4 Å². The van der Waals surface area contributed by atoms with Crippen LogP contribution in [0.15, 0.2) is 72.8 Å². The van der Waals surface area contributed by atoms with E-state index in [9.17, 15) is 22.2 Å². The zero-order chi connectivity index (χ0) is 24.8. The third-order valence-electron chi connectivity index (χ3n) is 6.23. The van der Waals surface area contributed by atoms with Gasteiger partial charge in [0.25, 0.3) is 5.91 Å². The van der Waals surface area contributed by atoms with Crippen LogP contribution in [0, 0.1) is 17.5 Å². The predicted molar refractivity (Wildman–Crippen MR) is 131 cm³/mol. The molecule has 0 spiro atoms. The van der Waals surface area contributed by atoms with Crippen LogP contribution in [-0.4, -0.2) is 46.4 Å². The molecule has 1 aliphatic heterocycles. The van der Waals surface area contributed by atoms with Crippen LogP contribution in [0.4, 0.5) is 13.2 Å². The van der Waals surface area contributed by atoms with Gasteiger partial charge in [-0.2, -0.15) is 0 Å². The van der Waals surface area contributed by atoms with E-state index in [0.29, 0.717) is 49.4 Å². The normalized spacial score (nSPS) is 15.4. The van der Waals surface area contributed by atoms with Gasteiger partial charge in [0.1, 0.15) is 17.5 Å². The van der Waals surface area contributed by atoms with Gasteiger partial charge in [-0.3, -0.25) is 9.00 Å². The monoisotopic (exact) mass is 500 g/mol. The molecule has 35 heavy (non-hydrogen) atoms. The first kappa shape index (κ1) is 25.1. The molecule has 4 rings (SSSR count). The van der Waals surface area contributed by atoms with Gasteiger partial charge in [0.15, 0.2) is 0 Å². The molecule has 1 N–H and O–H groups in total. The topological polar surface area (TPSA) is 49.4 Å². The minimum absolute atomic E-state index is 0.0851. The van der Waals surface area contributed by atoms with Crippen molar-refractivity contribution in [1.29, 1.82) is 0 Å². The van der Waals surface area contributed by atoms with E-state index in [4.69, 9.17) is 0 Å². The van der Waals surface area contributed by atoms with Crippen LogP contribution in [0.25, 0.3) is 0 Å². The van der Waals surface area contributed by atoms with Gasteiger partial charge >= 0.3 is 0 Å². The molecule has 1 atom stereocenters. The number of amides is 1. The SMILES string of the molecule is O=C(c1ccccc1F)N1CCC(NCCS(=O)C(c2ccc(F)cc2)c2ccc(F)cc2)CC1. The van der Waals surface area contributed by atoms with Crippen LogP contribution in [0.2, 0.25) is 0 Å². The van der Waals surface area contributed by atoms with Crippen molar-refractivity contribution >= 4 is 16.7 Å². The molecule has 3 aromatic rings. The third kappa shape index (κ3) is 6.38. The summed E-state index contributed by atoms with van der Waals surface area (Å²) < 4.78 is 54.1. The maximum Gasteiger partial charge on any atom is 0.256 e. The second-order valence-corrected chi connectivity index (χ2v) is 10.2. The fourth-order valence-corrected chi connectivity index (χ4v) is 5.82. The second kappa shape index (κ2) is 11.6. The van der Waals surface area contributed by atoms with Crippen molar-refractivity contribution in [3.05, 3.63) is 107 Å². The minimum atomic E-state index is -1.33. The number of rotatable bonds is 8. The largest absolute Gasteiger partial charge is 0.338 e. The lowest BCUT2D eigenvalue weighted by atomic mass is 10.0. The molecule has 1 aliphatic rings. The molecule has 184 valence electrons. The summed E-state index contributed by atoms with van der Waals surface area (Å²) in [7, 11) is -1.33. The molecule has 0 saturated carbocycles. The van der Waals surface area contributed by atoms with E-state index in [1.807, 2.05) is 0 Å². The second-order valence-electron chi connectivity index (χ2n) is 8.57. The smallest absolute Gasteiger partial charge is 0.256 e. The quantitative estimate of drug-likeness (QED) is 0.482. The molecule has 1 amide bonds. The van der Waals surface area contributed by atoms with E-state index in [1.165, 1.54) is 36.4 Å². The molecule has 1 unspecified atom stereocenters. The molecular weight excluding hydrogens is 473 g/mol. The molecule has 3 aromatic carbocycles. The molecule has 0 aromatic heterocycles. The number of nitrogens with zero attached hydrogens (tertiary/aromatic N) is 1. The highest BCUT2D eigenvalue weighted by Crippen LogP contribution is 2.29. The number of carbonyl (C=O) groups excluding carboxylic acids is 1. The average molecular weight is 501 g/mol. The average Bonchev–Trinajstić information content (AvgIpc) is 2.87. The molecule has 0 radical (unpaired) electrons. The van der Waals surface area contributed by atoms with Crippen LogP contribution in [0.3, 0.4) is 0 Å². The zero-order valence-corrected chi connectivity index (χ0v) is 19.9. The summed E-state index contributed by atoms with van der Waals surface area (Å²) in [6.07, 6.45) is 1.43. The number of nitrogens with one attached hydrogen (secondary N) is 1. The van der Waals surface area contributed by atoms with Crippen molar-refractivity contribution in [3.8, 4) is 0 Å². The fourth-order valence-electron chi connectivity index (χ4n) is 4.34. The first-order chi connectivity index (χ1) is 16.9. The lowest BCUT2D eigenvalue weighted by Crippen LogP contribution is -2.45. The number of piperidine rings is 1. The maximum atomic E-state index is 13.9. The Balaban J connectivity index is 1.32. The number of hydrogen-bond donors (Lipinski definition) is 1. The molecule has 1 saturated heterocycles. The molecule has 8 heteroatoms. The Kier molecular flexibility index (Phi) is 8.36. The highest BCUT2D eigenvalue weighted by atomic mass is 32.2. The molecule has 4 nitrogen and oxygen atoms in total. The van der Waals surface area contributed by atoms with Gasteiger partial charge in [-0.25, -0.2) is 13.2 Å². The van der Waals surface area contributed by atoms with Gasteiger partial charge in [0, 0.05) is 42.2 Å². The summed E-state index contributed by atoms with van der Waals surface area (Å²) in [5, 5.41) is 2.91. The van der Waals surface area contributed by atoms with Crippen molar-refractivity contribution in [3.63, 3.8) is 0 Å². The first-order valence-electron chi connectivity index (χ1n) is 11.6. The lowest BCUT2D eigenvalue weighted by molar-refractivity contribution is 0.0701. The van der Waals surface area contributed by atoms with E-state index in [2.05, 4.69) is 5.32 Å². The third-order valence-corrected chi connectivity index (χ3v) is 7.91. The molecular formula is C27H27F3N2O2S. The van der Waals surface area contributed by atoms with Gasteiger partial charge in [0.2, 0.25) is 0 Å². The van der Waals surface area contributed by atoms with E-state index in [1.54, 1.807) is 41.3 Å². The van der Waals surface area contributed by atoms with Crippen molar-refractivity contribution in [2.24, 2.45) is 0 Å². The molecule has 0 bridgehead atoms. The molecule has 1 fully saturated rings. The lowest BCUT2D eigenvalue weighted by Gasteiger charge is -2.32. The fraction of sp³-hybridized carbons (Fsp3) is 0.296. The maximum absolute atomic E-state index is 13.9. The van der Waals surface area contributed by atoms with Crippen molar-refractivity contribution < 1.29 is 22.2 Å². The van der Waals surface area contributed by atoms with Gasteiger partial charge in [-0.1, -0.05) is 36.4 Å². The summed E-state index contributed by atoms with van der Waals surface area (Å²) in [6, 6.07) is 17.9. The van der Waals surface area contributed by atoms with Crippen LogP contribution >= 0.6 is 0 Å². The minimum Gasteiger partial charge on any atom is -0.338 e. The van der Waals surface area contributed by atoms with Gasteiger partial charge in [0.05, 0.1) is 10.8 Å². The summed E-state index contributed by atoms with van der Waals surface area (Å²) >= 11 is 0. The summed E-state index contributed by atoms with van der Waals surface area (Å²) in [5.41, 5.74) is 1.49. The summed E-state index contributed by atoms with van der Waals surface area (Å²) in [6.45, 7) is 1.53. The first-order valence-corrected chi connectivity index (χ1v) is 13.0. The Morgan fingerprint density at radius 3 is 1.97 bits per heavy atom. The van der Waals surface area contributed by atoms with Crippen molar-refractivity contribution in [2.45, 2.75) is 24.1 Å². The number of benzene rings is 3. The highest BCUT2D eigenvalue weighted by Gasteiger charge is 2.26. The van der Waals surface area contributed by atoms with E-state index in [0.717, 1.165) is 0 Å². The Labute approximate surface area is 205 Å². The molecule has 0 aliphatic carbocycles. The standard InChI is InChI=1S/C27H27F3N2O2S/c28-21-9-5-19(6-10-21)26(20-7-11-22(29)12-8-20)35(34)18-15-31-23-13-16-32(17-14-23)27(33)24-3-1-2-4-25(24)30/h1-12,23,26,31H,13-18H2. The predicted octanol–water partition coefficient (Wildman–Crippen LogP) is 4.84. The summed E-state index contributed by atoms with van der Waals surface area (Å²) in [5.74, 6) is -1.22. The summed E-state index contributed by atoms with van der Waals surface area (Å²) in [4.78, 5) is 14.3.